The van der Waals surface area contributed by atoms with Crippen LogP contribution in [0.5, 0.6) is 0 Å². The highest BCUT2D eigenvalue weighted by Gasteiger charge is 2.12. The number of esters is 1. The number of hydrogen-bond acceptors (Lipinski definition) is 4. The van der Waals surface area contributed by atoms with E-state index in [1.165, 1.54) is 0 Å². The first-order chi connectivity index (χ1) is 8.12. The Morgan fingerprint density at radius 3 is 2.71 bits per heavy atom. The van der Waals surface area contributed by atoms with Crippen molar-refractivity contribution in [2.45, 2.75) is 31.6 Å². The SMILES string of the molecule is CCOC(=O)Cc1cc(CC)cc(S)c1C#N. The third kappa shape index (κ3) is 3.50. The van der Waals surface area contributed by atoms with Gasteiger partial charge in [0.2, 0.25) is 0 Å². The van der Waals surface area contributed by atoms with Crippen LogP contribution in [0.25, 0.3) is 0 Å². The molecule has 0 aliphatic carbocycles. The van der Waals surface area contributed by atoms with E-state index < -0.39 is 0 Å². The quantitative estimate of drug-likeness (QED) is 0.659. The van der Waals surface area contributed by atoms with Crippen LogP contribution in [0.4, 0.5) is 0 Å². The number of benzene rings is 1. The van der Waals surface area contributed by atoms with E-state index in [4.69, 9.17) is 10.00 Å². The molecule has 0 heterocycles. The Kier molecular flexibility index (Phi) is 5.05. The zero-order valence-corrected chi connectivity index (χ0v) is 10.9. The van der Waals surface area contributed by atoms with Gasteiger partial charge in [0, 0.05) is 4.90 Å². The van der Waals surface area contributed by atoms with Crippen molar-refractivity contribution in [2.24, 2.45) is 0 Å². The molecule has 0 saturated heterocycles. The van der Waals surface area contributed by atoms with Gasteiger partial charge in [-0.2, -0.15) is 5.26 Å². The molecule has 0 N–H and O–H groups in total. The summed E-state index contributed by atoms with van der Waals surface area (Å²) in [4.78, 5) is 12.1. The first kappa shape index (κ1) is 13.6. The van der Waals surface area contributed by atoms with Gasteiger partial charge in [-0.1, -0.05) is 13.0 Å². The van der Waals surface area contributed by atoms with Crippen LogP contribution in [0.3, 0.4) is 0 Å². The summed E-state index contributed by atoms with van der Waals surface area (Å²) >= 11 is 4.27. The fourth-order valence-electron chi connectivity index (χ4n) is 1.59. The molecule has 0 aliphatic rings. The average Bonchev–Trinajstić information content (AvgIpc) is 2.28. The van der Waals surface area contributed by atoms with Gasteiger partial charge in [0.25, 0.3) is 0 Å². The number of aryl methyl sites for hydroxylation is 1. The van der Waals surface area contributed by atoms with E-state index in [1.54, 1.807) is 6.92 Å². The second kappa shape index (κ2) is 6.31. The summed E-state index contributed by atoms with van der Waals surface area (Å²) in [5, 5.41) is 9.05. The standard InChI is InChI=1S/C13H15NO2S/c1-3-9-5-10(7-13(15)16-4-2)11(8-14)12(17)6-9/h5-6,17H,3-4,7H2,1-2H3. The normalized spacial score (nSPS) is 9.76. The van der Waals surface area contributed by atoms with E-state index >= 15 is 0 Å². The summed E-state index contributed by atoms with van der Waals surface area (Å²) in [6.45, 7) is 4.13. The zero-order chi connectivity index (χ0) is 12.8. The van der Waals surface area contributed by atoms with Gasteiger partial charge < -0.3 is 4.74 Å². The van der Waals surface area contributed by atoms with Gasteiger partial charge in [0.15, 0.2) is 0 Å². The molecule has 0 fully saturated rings. The summed E-state index contributed by atoms with van der Waals surface area (Å²) in [5.74, 6) is -0.315. The molecule has 0 unspecified atom stereocenters. The minimum atomic E-state index is -0.315. The molecule has 0 spiro atoms. The fraction of sp³-hybridized carbons (Fsp3) is 0.385. The lowest BCUT2D eigenvalue weighted by Gasteiger charge is -2.08. The average molecular weight is 249 g/mol. The van der Waals surface area contributed by atoms with Crippen molar-refractivity contribution in [1.82, 2.24) is 0 Å². The fourth-order valence-corrected chi connectivity index (χ4v) is 1.95. The molecule has 0 atom stereocenters. The molecule has 0 radical (unpaired) electrons. The largest absolute Gasteiger partial charge is 0.466 e. The van der Waals surface area contributed by atoms with Crippen molar-refractivity contribution in [2.75, 3.05) is 6.61 Å². The van der Waals surface area contributed by atoms with Gasteiger partial charge in [0.05, 0.1) is 18.6 Å². The molecule has 0 saturated carbocycles. The van der Waals surface area contributed by atoms with Crippen LogP contribution >= 0.6 is 12.6 Å². The minimum Gasteiger partial charge on any atom is -0.466 e. The lowest BCUT2D eigenvalue weighted by molar-refractivity contribution is -0.142. The summed E-state index contributed by atoms with van der Waals surface area (Å²) < 4.78 is 4.89. The van der Waals surface area contributed by atoms with Crippen molar-refractivity contribution >= 4 is 18.6 Å². The lowest BCUT2D eigenvalue weighted by Crippen LogP contribution is -2.09. The monoisotopic (exact) mass is 249 g/mol. The van der Waals surface area contributed by atoms with Gasteiger partial charge in [-0.3, -0.25) is 4.79 Å². The topological polar surface area (TPSA) is 50.1 Å². The van der Waals surface area contributed by atoms with Crippen LogP contribution in [-0.2, 0) is 22.4 Å². The summed E-state index contributed by atoms with van der Waals surface area (Å²) in [7, 11) is 0. The van der Waals surface area contributed by atoms with Crippen molar-refractivity contribution in [3.05, 3.63) is 28.8 Å². The number of rotatable bonds is 4. The summed E-state index contributed by atoms with van der Waals surface area (Å²) in [6, 6.07) is 5.81. The molecule has 3 nitrogen and oxygen atoms in total. The van der Waals surface area contributed by atoms with Gasteiger partial charge in [-0.05, 0) is 30.5 Å². The highest BCUT2D eigenvalue weighted by atomic mass is 32.1. The second-order valence-corrected chi connectivity index (χ2v) is 4.08. The number of nitriles is 1. The van der Waals surface area contributed by atoms with Gasteiger partial charge in [-0.15, -0.1) is 12.6 Å². The minimum absolute atomic E-state index is 0.123. The number of thiol groups is 1. The molecule has 90 valence electrons. The van der Waals surface area contributed by atoms with E-state index in [0.29, 0.717) is 22.6 Å². The Labute approximate surface area is 107 Å². The van der Waals surface area contributed by atoms with Crippen LogP contribution in [0.15, 0.2) is 17.0 Å². The summed E-state index contributed by atoms with van der Waals surface area (Å²) in [5.41, 5.74) is 2.21. The number of ether oxygens (including phenoxy) is 1. The maximum atomic E-state index is 11.4. The van der Waals surface area contributed by atoms with Crippen LogP contribution in [0.1, 0.15) is 30.5 Å². The third-order valence-electron chi connectivity index (χ3n) is 2.42. The first-order valence-electron chi connectivity index (χ1n) is 5.52. The van der Waals surface area contributed by atoms with Gasteiger partial charge in [-0.25, -0.2) is 0 Å². The second-order valence-electron chi connectivity index (χ2n) is 3.60. The Bertz CT molecular complexity index is 463. The number of hydrogen-bond donors (Lipinski definition) is 1. The first-order valence-corrected chi connectivity index (χ1v) is 5.97. The predicted molar refractivity (Wildman–Crippen MR) is 68.1 cm³/mol. The molecule has 0 aliphatic heterocycles. The van der Waals surface area contributed by atoms with Crippen LogP contribution in [-0.4, -0.2) is 12.6 Å². The highest BCUT2D eigenvalue weighted by molar-refractivity contribution is 7.80. The van der Waals surface area contributed by atoms with E-state index in [-0.39, 0.29) is 12.4 Å². The molecule has 1 aromatic rings. The molecule has 0 aromatic heterocycles. The van der Waals surface area contributed by atoms with Crippen LogP contribution in [0.2, 0.25) is 0 Å². The molecule has 0 bridgehead atoms. The molecular formula is C13H15NO2S. The van der Waals surface area contributed by atoms with Crippen molar-refractivity contribution < 1.29 is 9.53 Å². The highest BCUT2D eigenvalue weighted by Crippen LogP contribution is 2.21. The Hall–Kier alpha value is -1.47. The number of carbonyl (C=O) groups excluding carboxylic acids is 1. The smallest absolute Gasteiger partial charge is 0.310 e. The molecule has 4 heteroatoms. The predicted octanol–water partition coefficient (Wildman–Crippen LogP) is 2.51. The molecule has 1 rings (SSSR count). The molecule has 17 heavy (non-hydrogen) atoms. The number of carbonyl (C=O) groups is 1. The zero-order valence-electron chi connectivity index (χ0n) is 9.99. The van der Waals surface area contributed by atoms with Crippen molar-refractivity contribution in [1.29, 1.82) is 5.26 Å². The van der Waals surface area contributed by atoms with Gasteiger partial charge in [0.1, 0.15) is 6.07 Å². The molecule has 1 aromatic carbocycles. The van der Waals surface area contributed by atoms with Gasteiger partial charge >= 0.3 is 5.97 Å². The van der Waals surface area contributed by atoms with Crippen LogP contribution < -0.4 is 0 Å². The summed E-state index contributed by atoms with van der Waals surface area (Å²) in [6.07, 6.45) is 0.966. The maximum absolute atomic E-state index is 11.4. The van der Waals surface area contributed by atoms with E-state index in [2.05, 4.69) is 18.7 Å². The van der Waals surface area contributed by atoms with E-state index in [0.717, 1.165) is 12.0 Å². The number of nitrogens with zero attached hydrogens (tertiary/aromatic N) is 1. The molecular weight excluding hydrogens is 234 g/mol. The Balaban J connectivity index is 3.08. The third-order valence-corrected chi connectivity index (χ3v) is 2.77. The maximum Gasteiger partial charge on any atom is 0.310 e. The lowest BCUT2D eigenvalue weighted by atomic mass is 10.0. The van der Waals surface area contributed by atoms with Crippen LogP contribution in [0, 0.1) is 11.3 Å². The van der Waals surface area contributed by atoms with E-state index in [1.807, 2.05) is 19.1 Å². The van der Waals surface area contributed by atoms with Crippen molar-refractivity contribution in [3.63, 3.8) is 0 Å². The Morgan fingerprint density at radius 2 is 2.18 bits per heavy atom. The van der Waals surface area contributed by atoms with Crippen molar-refractivity contribution in [3.8, 4) is 6.07 Å². The Morgan fingerprint density at radius 1 is 1.47 bits per heavy atom. The molecule has 0 amide bonds. The van der Waals surface area contributed by atoms with E-state index in [9.17, 15) is 4.79 Å².